The second-order valence-electron chi connectivity index (χ2n) is 3.72. The van der Waals surface area contributed by atoms with Gasteiger partial charge in [-0.15, -0.1) is 0 Å². The third-order valence-corrected chi connectivity index (χ3v) is 2.14. The van der Waals surface area contributed by atoms with Gasteiger partial charge in [-0.2, -0.15) is 0 Å². The van der Waals surface area contributed by atoms with Crippen molar-refractivity contribution in [1.29, 1.82) is 0 Å². The third-order valence-electron chi connectivity index (χ3n) is 2.14. The first-order chi connectivity index (χ1) is 5.24. The molecule has 1 fully saturated rings. The lowest BCUT2D eigenvalue weighted by atomic mass is 10.0. The number of epoxide rings is 1. The van der Waals surface area contributed by atoms with Crippen LogP contribution in [0.1, 0.15) is 33.1 Å². The lowest BCUT2D eigenvalue weighted by molar-refractivity contribution is 0.241. The van der Waals surface area contributed by atoms with Gasteiger partial charge >= 0.3 is 0 Å². The molecule has 1 saturated heterocycles. The molecule has 2 atom stereocenters. The van der Waals surface area contributed by atoms with E-state index in [4.69, 9.17) is 9.84 Å². The summed E-state index contributed by atoms with van der Waals surface area (Å²) in [5.41, 5.74) is 0. The van der Waals surface area contributed by atoms with Crippen molar-refractivity contribution in [3.63, 3.8) is 0 Å². The Hall–Kier alpha value is -0.0800. The predicted molar refractivity (Wildman–Crippen MR) is 44.4 cm³/mol. The second kappa shape index (κ2) is 4.07. The first kappa shape index (κ1) is 9.01. The van der Waals surface area contributed by atoms with Crippen LogP contribution in [0.4, 0.5) is 0 Å². The lowest BCUT2D eigenvalue weighted by Gasteiger charge is -2.01. The first-order valence-corrected chi connectivity index (χ1v) is 4.50. The van der Waals surface area contributed by atoms with Crippen LogP contribution in [0.5, 0.6) is 0 Å². The molecular formula is C9H18O2. The van der Waals surface area contributed by atoms with E-state index in [1.165, 1.54) is 12.8 Å². The van der Waals surface area contributed by atoms with Gasteiger partial charge in [0.25, 0.3) is 0 Å². The van der Waals surface area contributed by atoms with Crippen LogP contribution >= 0.6 is 0 Å². The highest BCUT2D eigenvalue weighted by Gasteiger charge is 2.36. The monoisotopic (exact) mass is 158 g/mol. The summed E-state index contributed by atoms with van der Waals surface area (Å²) in [5, 5.41) is 8.66. The fourth-order valence-electron chi connectivity index (χ4n) is 1.32. The third kappa shape index (κ3) is 3.21. The molecule has 0 bridgehead atoms. The lowest BCUT2D eigenvalue weighted by Crippen LogP contribution is -1.99. The van der Waals surface area contributed by atoms with Gasteiger partial charge in [0, 0.05) is 0 Å². The topological polar surface area (TPSA) is 32.8 Å². The molecule has 0 aromatic heterocycles. The highest BCUT2D eigenvalue weighted by molar-refractivity contribution is 4.83. The molecule has 1 heterocycles. The zero-order valence-corrected chi connectivity index (χ0v) is 7.42. The molecular weight excluding hydrogens is 140 g/mol. The van der Waals surface area contributed by atoms with E-state index >= 15 is 0 Å². The molecule has 1 aliphatic rings. The van der Waals surface area contributed by atoms with Crippen LogP contribution in [-0.2, 0) is 4.74 Å². The van der Waals surface area contributed by atoms with Crippen molar-refractivity contribution >= 4 is 0 Å². The summed E-state index contributed by atoms with van der Waals surface area (Å²) in [6, 6.07) is 0. The van der Waals surface area contributed by atoms with Crippen molar-refractivity contribution in [2.45, 2.75) is 45.3 Å². The van der Waals surface area contributed by atoms with Gasteiger partial charge in [0.2, 0.25) is 0 Å². The molecule has 2 heteroatoms. The Labute approximate surface area is 68.6 Å². The molecule has 0 spiro atoms. The summed E-state index contributed by atoms with van der Waals surface area (Å²) >= 11 is 0. The number of aliphatic hydroxyl groups is 1. The summed E-state index contributed by atoms with van der Waals surface area (Å²) in [4.78, 5) is 0. The Morgan fingerprint density at radius 2 is 2.09 bits per heavy atom. The summed E-state index contributed by atoms with van der Waals surface area (Å²) in [5.74, 6) is 0.793. The summed E-state index contributed by atoms with van der Waals surface area (Å²) in [6.45, 7) is 4.67. The maximum atomic E-state index is 8.66. The molecule has 0 radical (unpaired) electrons. The van der Waals surface area contributed by atoms with Crippen molar-refractivity contribution in [3.05, 3.63) is 0 Å². The van der Waals surface area contributed by atoms with Crippen molar-refractivity contribution in [2.75, 3.05) is 6.61 Å². The molecule has 1 rings (SSSR count). The molecule has 0 unspecified atom stereocenters. The van der Waals surface area contributed by atoms with Crippen LogP contribution in [0.15, 0.2) is 0 Å². The van der Waals surface area contributed by atoms with E-state index in [9.17, 15) is 0 Å². The van der Waals surface area contributed by atoms with Crippen LogP contribution in [-0.4, -0.2) is 23.9 Å². The Kier molecular flexibility index (Phi) is 3.34. The van der Waals surface area contributed by atoms with Crippen molar-refractivity contribution in [2.24, 2.45) is 5.92 Å². The largest absolute Gasteiger partial charge is 0.394 e. The van der Waals surface area contributed by atoms with Gasteiger partial charge in [-0.25, -0.2) is 0 Å². The van der Waals surface area contributed by atoms with E-state index in [1.807, 2.05) is 0 Å². The predicted octanol–water partition coefficient (Wildman–Crippen LogP) is 1.57. The number of ether oxygens (including phenoxy) is 1. The molecule has 0 saturated carbocycles. The number of rotatable bonds is 5. The van der Waals surface area contributed by atoms with Crippen LogP contribution < -0.4 is 0 Å². The van der Waals surface area contributed by atoms with Crippen molar-refractivity contribution in [1.82, 2.24) is 0 Å². The van der Waals surface area contributed by atoms with Gasteiger partial charge in [-0.1, -0.05) is 26.7 Å². The zero-order chi connectivity index (χ0) is 8.27. The Morgan fingerprint density at radius 1 is 1.36 bits per heavy atom. The molecule has 11 heavy (non-hydrogen) atoms. The Balaban J connectivity index is 1.90. The fourth-order valence-corrected chi connectivity index (χ4v) is 1.32. The normalized spacial score (nSPS) is 29.5. The molecule has 0 aliphatic carbocycles. The van der Waals surface area contributed by atoms with E-state index in [0.29, 0.717) is 6.10 Å². The fraction of sp³-hybridized carbons (Fsp3) is 1.00. The first-order valence-electron chi connectivity index (χ1n) is 4.50. The smallest absolute Gasteiger partial charge is 0.107 e. The maximum absolute atomic E-state index is 8.66. The average molecular weight is 158 g/mol. The van der Waals surface area contributed by atoms with Crippen LogP contribution in [0.3, 0.4) is 0 Å². The minimum Gasteiger partial charge on any atom is -0.394 e. The molecule has 0 amide bonds. The SMILES string of the molecule is CC(C)CCC[C@@H]1O[C@H]1CO. The minimum absolute atomic E-state index is 0.169. The van der Waals surface area contributed by atoms with Crippen LogP contribution in [0.25, 0.3) is 0 Å². The Morgan fingerprint density at radius 3 is 2.55 bits per heavy atom. The standard InChI is InChI=1S/C9H18O2/c1-7(2)4-3-5-8-9(6-10)11-8/h7-10H,3-6H2,1-2H3/t8-,9-/m0/s1. The summed E-state index contributed by atoms with van der Waals surface area (Å²) < 4.78 is 5.20. The van der Waals surface area contributed by atoms with Gasteiger partial charge in [-0.05, 0) is 12.3 Å². The number of hydrogen-bond acceptors (Lipinski definition) is 2. The molecule has 2 nitrogen and oxygen atoms in total. The highest BCUT2D eigenvalue weighted by Crippen LogP contribution is 2.26. The van der Waals surface area contributed by atoms with Gasteiger partial charge in [0.05, 0.1) is 12.7 Å². The highest BCUT2D eigenvalue weighted by atomic mass is 16.6. The Bertz CT molecular complexity index is 112. The number of hydrogen-bond donors (Lipinski definition) is 1. The van der Waals surface area contributed by atoms with Gasteiger partial charge in [-0.3, -0.25) is 0 Å². The zero-order valence-electron chi connectivity index (χ0n) is 7.42. The van der Waals surface area contributed by atoms with Gasteiger partial charge < -0.3 is 9.84 Å². The molecule has 66 valence electrons. The van der Waals surface area contributed by atoms with Gasteiger partial charge in [0.1, 0.15) is 6.10 Å². The summed E-state index contributed by atoms with van der Waals surface area (Å²) in [6.07, 6.45) is 4.18. The van der Waals surface area contributed by atoms with Crippen molar-refractivity contribution < 1.29 is 9.84 Å². The van der Waals surface area contributed by atoms with Gasteiger partial charge in [0.15, 0.2) is 0 Å². The van der Waals surface area contributed by atoms with E-state index in [0.717, 1.165) is 12.3 Å². The average Bonchev–Trinajstić information content (AvgIpc) is 2.66. The van der Waals surface area contributed by atoms with E-state index in [-0.39, 0.29) is 12.7 Å². The van der Waals surface area contributed by atoms with Crippen LogP contribution in [0, 0.1) is 5.92 Å². The van der Waals surface area contributed by atoms with E-state index in [2.05, 4.69) is 13.8 Å². The summed E-state index contributed by atoms with van der Waals surface area (Å²) in [7, 11) is 0. The molecule has 1 N–H and O–H groups in total. The number of aliphatic hydroxyl groups excluding tert-OH is 1. The van der Waals surface area contributed by atoms with E-state index in [1.54, 1.807) is 0 Å². The minimum atomic E-state index is 0.169. The molecule has 1 aliphatic heterocycles. The molecule has 0 aromatic carbocycles. The quantitative estimate of drug-likeness (QED) is 0.616. The second-order valence-corrected chi connectivity index (χ2v) is 3.72. The van der Waals surface area contributed by atoms with Crippen LogP contribution in [0.2, 0.25) is 0 Å². The van der Waals surface area contributed by atoms with Crippen molar-refractivity contribution in [3.8, 4) is 0 Å². The van der Waals surface area contributed by atoms with E-state index < -0.39 is 0 Å². The maximum Gasteiger partial charge on any atom is 0.107 e. The molecule has 0 aromatic rings.